The van der Waals surface area contributed by atoms with Crippen molar-refractivity contribution in [2.45, 2.75) is 45.8 Å². The van der Waals surface area contributed by atoms with E-state index in [1.165, 1.54) is 6.07 Å². The molecule has 0 bridgehead atoms. The number of hydrogen-bond acceptors (Lipinski definition) is 5. The van der Waals surface area contributed by atoms with E-state index in [2.05, 4.69) is 5.32 Å². The Hall–Kier alpha value is -2.28. The predicted molar refractivity (Wildman–Crippen MR) is 88.0 cm³/mol. The van der Waals surface area contributed by atoms with Crippen LogP contribution in [0.2, 0.25) is 0 Å². The number of hydrogen-bond donors (Lipinski definition) is 1. The van der Waals surface area contributed by atoms with E-state index in [4.69, 9.17) is 4.74 Å². The summed E-state index contributed by atoms with van der Waals surface area (Å²) in [7, 11) is 0. The molecule has 0 fully saturated rings. The number of nitro groups is 1. The SMILES string of the molecule is Cc1cc([N+](=O)[O-])c(F)cc1C1=CC(C(=O)OC(C)(C)C)NCC1. The molecule has 7 heteroatoms. The average molecular weight is 336 g/mol. The number of carbonyl (C=O) groups excluding carboxylic acids is 1. The second-order valence-corrected chi connectivity index (χ2v) is 6.78. The van der Waals surface area contributed by atoms with Crippen molar-refractivity contribution in [1.29, 1.82) is 0 Å². The molecule has 6 nitrogen and oxygen atoms in total. The van der Waals surface area contributed by atoms with Crippen LogP contribution in [0.5, 0.6) is 0 Å². The van der Waals surface area contributed by atoms with Crippen LogP contribution < -0.4 is 5.32 Å². The molecule has 2 rings (SSSR count). The molecule has 24 heavy (non-hydrogen) atoms. The van der Waals surface area contributed by atoms with Crippen molar-refractivity contribution in [2.24, 2.45) is 0 Å². The van der Waals surface area contributed by atoms with Crippen LogP contribution in [-0.2, 0) is 9.53 Å². The minimum absolute atomic E-state index is 0.403. The number of aryl methyl sites for hydroxylation is 1. The summed E-state index contributed by atoms with van der Waals surface area (Å²) in [5.41, 5.74) is 0.803. The monoisotopic (exact) mass is 336 g/mol. The third-order valence-electron chi connectivity index (χ3n) is 3.62. The van der Waals surface area contributed by atoms with Gasteiger partial charge in [0.15, 0.2) is 0 Å². The topological polar surface area (TPSA) is 81.5 Å². The molecule has 130 valence electrons. The van der Waals surface area contributed by atoms with Crippen molar-refractivity contribution in [3.05, 3.63) is 45.3 Å². The number of nitrogens with zero attached hydrogens (tertiary/aromatic N) is 1. The molecule has 0 aliphatic carbocycles. The Morgan fingerprint density at radius 1 is 1.42 bits per heavy atom. The highest BCUT2D eigenvalue weighted by Gasteiger charge is 2.27. The molecule has 1 aromatic carbocycles. The summed E-state index contributed by atoms with van der Waals surface area (Å²) in [4.78, 5) is 22.3. The van der Waals surface area contributed by atoms with Crippen molar-refractivity contribution >= 4 is 17.2 Å². The molecule has 1 atom stereocenters. The quantitative estimate of drug-likeness (QED) is 0.521. The van der Waals surface area contributed by atoms with Gasteiger partial charge >= 0.3 is 11.7 Å². The highest BCUT2D eigenvalue weighted by atomic mass is 19.1. The van der Waals surface area contributed by atoms with E-state index in [0.29, 0.717) is 24.1 Å². The molecule has 0 radical (unpaired) electrons. The van der Waals surface area contributed by atoms with Crippen LogP contribution in [0.3, 0.4) is 0 Å². The van der Waals surface area contributed by atoms with Gasteiger partial charge in [0.1, 0.15) is 11.6 Å². The molecule has 1 heterocycles. The highest BCUT2D eigenvalue weighted by molar-refractivity contribution is 5.83. The van der Waals surface area contributed by atoms with Crippen LogP contribution in [0.1, 0.15) is 38.3 Å². The molecular formula is C17H21FN2O4. The lowest BCUT2D eigenvalue weighted by atomic mass is 9.93. The van der Waals surface area contributed by atoms with Crippen LogP contribution >= 0.6 is 0 Å². The minimum Gasteiger partial charge on any atom is -0.459 e. The Kier molecular flexibility index (Phi) is 5.03. The Bertz CT molecular complexity index is 707. The number of halogens is 1. The maximum atomic E-state index is 13.9. The van der Waals surface area contributed by atoms with Gasteiger partial charge in [-0.25, -0.2) is 4.79 Å². The van der Waals surface area contributed by atoms with Crippen molar-refractivity contribution < 1.29 is 18.8 Å². The molecule has 0 saturated carbocycles. The fourth-order valence-electron chi connectivity index (χ4n) is 2.60. The molecule has 1 aliphatic heterocycles. The summed E-state index contributed by atoms with van der Waals surface area (Å²) in [5, 5.41) is 13.9. The molecule has 1 aromatic rings. The molecule has 1 unspecified atom stereocenters. The zero-order valence-corrected chi connectivity index (χ0v) is 14.2. The molecule has 0 spiro atoms. The summed E-state index contributed by atoms with van der Waals surface area (Å²) in [5.74, 6) is -1.28. The number of carbonyl (C=O) groups is 1. The van der Waals surface area contributed by atoms with E-state index in [1.807, 2.05) is 0 Å². The van der Waals surface area contributed by atoms with Crippen LogP contribution in [0.4, 0.5) is 10.1 Å². The van der Waals surface area contributed by atoms with Crippen LogP contribution in [0, 0.1) is 22.9 Å². The third kappa shape index (κ3) is 4.17. The summed E-state index contributed by atoms with van der Waals surface area (Å²) in [6.45, 7) is 7.58. The molecular weight excluding hydrogens is 315 g/mol. The fraction of sp³-hybridized carbons (Fsp3) is 0.471. The smallest absolute Gasteiger partial charge is 0.327 e. The van der Waals surface area contributed by atoms with Gasteiger partial charge in [0, 0.05) is 12.6 Å². The normalized spacial score (nSPS) is 18.0. The van der Waals surface area contributed by atoms with Gasteiger partial charge in [-0.2, -0.15) is 4.39 Å². The van der Waals surface area contributed by atoms with E-state index >= 15 is 0 Å². The van der Waals surface area contributed by atoms with Gasteiger partial charge in [0.25, 0.3) is 0 Å². The highest BCUT2D eigenvalue weighted by Crippen LogP contribution is 2.30. The number of esters is 1. The Balaban J connectivity index is 2.33. The van der Waals surface area contributed by atoms with Gasteiger partial charge in [-0.1, -0.05) is 6.08 Å². The average Bonchev–Trinajstić information content (AvgIpc) is 2.47. The van der Waals surface area contributed by atoms with Gasteiger partial charge in [0.05, 0.1) is 4.92 Å². The lowest BCUT2D eigenvalue weighted by Gasteiger charge is -2.26. The zero-order chi connectivity index (χ0) is 18.1. The molecule has 0 saturated heterocycles. The lowest BCUT2D eigenvalue weighted by Crippen LogP contribution is -2.42. The summed E-state index contributed by atoms with van der Waals surface area (Å²) in [6, 6.07) is 1.76. The van der Waals surface area contributed by atoms with Crippen LogP contribution in [0.25, 0.3) is 5.57 Å². The number of benzene rings is 1. The van der Waals surface area contributed by atoms with Crippen molar-refractivity contribution in [3.8, 4) is 0 Å². The standard InChI is InChI=1S/C17H21FN2O4/c1-10-7-15(20(22)23)13(18)9-12(10)11-5-6-19-14(8-11)16(21)24-17(2,3)4/h7-9,14,19H,5-6H2,1-4H3. The van der Waals surface area contributed by atoms with Crippen LogP contribution in [-0.4, -0.2) is 29.1 Å². The minimum atomic E-state index is -0.881. The summed E-state index contributed by atoms with van der Waals surface area (Å²) < 4.78 is 19.3. The second-order valence-electron chi connectivity index (χ2n) is 6.78. The largest absolute Gasteiger partial charge is 0.459 e. The molecule has 1 aliphatic rings. The van der Waals surface area contributed by atoms with Crippen molar-refractivity contribution in [1.82, 2.24) is 5.32 Å². The third-order valence-corrected chi connectivity index (χ3v) is 3.62. The van der Waals surface area contributed by atoms with E-state index in [1.54, 1.807) is 33.8 Å². The number of nitro benzene ring substituents is 1. The Labute approximate surface area is 139 Å². The van der Waals surface area contributed by atoms with Gasteiger partial charge < -0.3 is 10.1 Å². The van der Waals surface area contributed by atoms with E-state index in [0.717, 1.165) is 11.6 Å². The van der Waals surface area contributed by atoms with Gasteiger partial charge in [-0.15, -0.1) is 0 Å². The Morgan fingerprint density at radius 2 is 2.08 bits per heavy atom. The molecule has 0 amide bonds. The zero-order valence-electron chi connectivity index (χ0n) is 14.2. The molecule has 0 aromatic heterocycles. The second kappa shape index (κ2) is 6.68. The van der Waals surface area contributed by atoms with E-state index in [9.17, 15) is 19.3 Å². The van der Waals surface area contributed by atoms with Crippen molar-refractivity contribution in [3.63, 3.8) is 0 Å². The number of ether oxygens (including phenoxy) is 1. The Morgan fingerprint density at radius 3 is 2.67 bits per heavy atom. The molecule has 1 N–H and O–H groups in total. The number of nitrogens with one attached hydrogen (secondary N) is 1. The van der Waals surface area contributed by atoms with Gasteiger partial charge in [0.2, 0.25) is 5.82 Å². The maximum absolute atomic E-state index is 13.9. The van der Waals surface area contributed by atoms with Gasteiger partial charge in [-0.3, -0.25) is 10.1 Å². The van der Waals surface area contributed by atoms with Crippen LogP contribution in [0.15, 0.2) is 18.2 Å². The van der Waals surface area contributed by atoms with E-state index < -0.39 is 34.0 Å². The summed E-state index contributed by atoms with van der Waals surface area (Å²) in [6.07, 6.45) is 2.29. The maximum Gasteiger partial charge on any atom is 0.327 e. The first-order chi connectivity index (χ1) is 11.1. The van der Waals surface area contributed by atoms with Gasteiger partial charge in [-0.05, 0) is 56.9 Å². The summed E-state index contributed by atoms with van der Waals surface area (Å²) >= 11 is 0. The van der Waals surface area contributed by atoms with E-state index in [-0.39, 0.29) is 0 Å². The lowest BCUT2D eigenvalue weighted by molar-refractivity contribution is -0.387. The fourth-order valence-corrected chi connectivity index (χ4v) is 2.60. The first-order valence-electron chi connectivity index (χ1n) is 7.70. The predicted octanol–water partition coefficient (Wildman–Crippen LogP) is 3.13. The number of rotatable bonds is 3. The first-order valence-corrected chi connectivity index (χ1v) is 7.70. The van der Waals surface area contributed by atoms with Crippen molar-refractivity contribution in [2.75, 3.05) is 6.54 Å². The first kappa shape index (κ1) is 18.1.